The van der Waals surface area contributed by atoms with Crippen molar-refractivity contribution in [2.45, 2.75) is 348 Å². The van der Waals surface area contributed by atoms with Gasteiger partial charge in [-0.15, -0.1) is 0 Å². The Hall–Kier alpha value is -3.93. The molecule has 0 bridgehead atoms. The number of hydrogen-bond acceptors (Lipinski definition) is 6. The van der Waals surface area contributed by atoms with Gasteiger partial charge in [0.1, 0.15) is 13.2 Å². The van der Waals surface area contributed by atoms with E-state index in [2.05, 4.69) is 124 Å². The number of carbonyl (C=O) groups is 3. The van der Waals surface area contributed by atoms with Crippen molar-refractivity contribution in [3.05, 3.63) is 109 Å². The van der Waals surface area contributed by atoms with Crippen LogP contribution in [0.3, 0.4) is 0 Å². The predicted octanol–water partition coefficient (Wildman–Crippen LogP) is 24.6. The van der Waals surface area contributed by atoms with E-state index in [0.29, 0.717) is 19.3 Å². The Morgan fingerprint density at radius 2 is 0.494 bits per heavy atom. The molecule has 0 aliphatic rings. The zero-order valence-corrected chi connectivity index (χ0v) is 54.7. The van der Waals surface area contributed by atoms with Crippen molar-refractivity contribution in [3.63, 3.8) is 0 Å². The Morgan fingerprint density at radius 3 is 0.819 bits per heavy atom. The first-order valence-corrected chi connectivity index (χ1v) is 35.4. The van der Waals surface area contributed by atoms with Gasteiger partial charge < -0.3 is 14.2 Å². The minimum absolute atomic E-state index is 0.102. The number of ether oxygens (including phenoxy) is 3. The quantitative estimate of drug-likeness (QED) is 0.0261. The first-order chi connectivity index (χ1) is 41.0. The zero-order chi connectivity index (χ0) is 59.9. The van der Waals surface area contributed by atoms with E-state index in [4.69, 9.17) is 14.2 Å². The maximum absolute atomic E-state index is 12.9. The molecule has 0 aromatic carbocycles. The van der Waals surface area contributed by atoms with Crippen molar-refractivity contribution in [1.29, 1.82) is 0 Å². The highest BCUT2D eigenvalue weighted by molar-refractivity contribution is 5.71. The SMILES string of the molecule is CC/C=C\C/C=C\C/C=C\C/C=C\CCCCCCCCCCC(=O)OC(COC(=O)CC/C=C\C/C=C\C/C=C\C/C=C\CC)COC(=O)CCCCCCCCCCCCCCCCCCCCC/C=C\CCCCCCCCCC. The average Bonchev–Trinajstić information content (AvgIpc) is 3.49. The van der Waals surface area contributed by atoms with Gasteiger partial charge in [-0.05, 0) is 109 Å². The third-order valence-electron chi connectivity index (χ3n) is 15.3. The maximum Gasteiger partial charge on any atom is 0.306 e. The molecular weight excluding hydrogens is 1020 g/mol. The fourth-order valence-electron chi connectivity index (χ4n) is 10.0. The van der Waals surface area contributed by atoms with Crippen LogP contribution in [0.4, 0.5) is 0 Å². The molecule has 0 aromatic rings. The monoisotopic (exact) mass is 1150 g/mol. The zero-order valence-electron chi connectivity index (χ0n) is 54.7. The van der Waals surface area contributed by atoms with E-state index < -0.39 is 6.10 Å². The van der Waals surface area contributed by atoms with Crippen LogP contribution in [0.2, 0.25) is 0 Å². The topological polar surface area (TPSA) is 78.9 Å². The molecule has 83 heavy (non-hydrogen) atoms. The molecule has 1 unspecified atom stereocenters. The van der Waals surface area contributed by atoms with Crippen molar-refractivity contribution in [2.75, 3.05) is 13.2 Å². The van der Waals surface area contributed by atoms with Gasteiger partial charge in [-0.2, -0.15) is 0 Å². The molecule has 0 radical (unpaired) electrons. The van der Waals surface area contributed by atoms with Crippen LogP contribution in [-0.4, -0.2) is 37.2 Å². The molecule has 6 nitrogen and oxygen atoms in total. The minimum Gasteiger partial charge on any atom is -0.462 e. The van der Waals surface area contributed by atoms with Crippen LogP contribution in [0.5, 0.6) is 0 Å². The van der Waals surface area contributed by atoms with Crippen LogP contribution in [0.1, 0.15) is 342 Å². The van der Waals surface area contributed by atoms with Crippen LogP contribution in [0.25, 0.3) is 0 Å². The Balaban J connectivity index is 4.24. The third-order valence-corrected chi connectivity index (χ3v) is 15.3. The molecule has 6 heteroatoms. The number of rotatable bonds is 64. The Bertz CT molecular complexity index is 1660. The standard InChI is InChI=1S/C77H132O6/c1-4-7-10-13-16-19-22-25-27-29-31-33-34-35-36-37-38-39-40-41-42-44-45-47-49-52-55-58-61-64-67-70-76(79)82-73-74(72-81-75(78)69-66-63-60-57-54-51-24-21-18-15-12-9-6-3)83-77(80)71-68-65-62-59-56-53-50-48-46-43-32-30-28-26-23-20-17-14-11-8-5-2/h8-9,11-12,17-18,20-21,26,28-29,31-32,43,51,54,60,63,74H,4-7,10,13-16,19,22-25,27,30,33-42,44-50,52-53,55-59,61-62,64-73H2,1-3H3/b11-8-,12-9-,20-17-,21-18-,28-26-,31-29-,43-32-,54-51-,63-60-. The summed E-state index contributed by atoms with van der Waals surface area (Å²) in [5.41, 5.74) is 0. The van der Waals surface area contributed by atoms with Gasteiger partial charge >= 0.3 is 17.9 Å². The van der Waals surface area contributed by atoms with Gasteiger partial charge in [0, 0.05) is 19.3 Å². The average molecular weight is 1150 g/mol. The number of unbranched alkanes of at least 4 members (excludes halogenated alkanes) is 35. The fraction of sp³-hybridized carbons (Fsp3) is 0.727. The van der Waals surface area contributed by atoms with Crippen LogP contribution in [0, 0.1) is 0 Å². The van der Waals surface area contributed by atoms with E-state index in [1.807, 2.05) is 6.08 Å². The molecule has 0 amide bonds. The van der Waals surface area contributed by atoms with Gasteiger partial charge in [0.05, 0.1) is 0 Å². The van der Waals surface area contributed by atoms with E-state index >= 15 is 0 Å². The van der Waals surface area contributed by atoms with E-state index in [1.54, 1.807) is 0 Å². The van der Waals surface area contributed by atoms with Gasteiger partial charge in [0.25, 0.3) is 0 Å². The van der Waals surface area contributed by atoms with Crippen LogP contribution in [0.15, 0.2) is 109 Å². The summed E-state index contributed by atoms with van der Waals surface area (Å²) in [6.07, 6.45) is 97.2. The summed E-state index contributed by atoms with van der Waals surface area (Å²) >= 11 is 0. The summed E-state index contributed by atoms with van der Waals surface area (Å²) in [5.74, 6) is -0.984. The van der Waals surface area contributed by atoms with Gasteiger partial charge in [0.2, 0.25) is 0 Å². The molecular formula is C77H132O6. The molecule has 0 heterocycles. The second-order valence-electron chi connectivity index (χ2n) is 23.4. The summed E-state index contributed by atoms with van der Waals surface area (Å²) < 4.78 is 16.9. The summed E-state index contributed by atoms with van der Waals surface area (Å²) in [6, 6.07) is 0. The largest absolute Gasteiger partial charge is 0.462 e. The van der Waals surface area contributed by atoms with E-state index in [0.717, 1.165) is 96.3 Å². The number of allylic oxidation sites excluding steroid dienone is 18. The molecule has 0 saturated carbocycles. The van der Waals surface area contributed by atoms with Gasteiger partial charge in [-0.3, -0.25) is 14.4 Å². The lowest BCUT2D eigenvalue weighted by Crippen LogP contribution is -2.30. The van der Waals surface area contributed by atoms with Crippen LogP contribution in [-0.2, 0) is 28.6 Å². The molecule has 0 rings (SSSR count). The van der Waals surface area contributed by atoms with E-state index in [-0.39, 0.29) is 37.5 Å². The molecule has 0 N–H and O–H groups in total. The normalized spacial score (nSPS) is 12.8. The number of carbonyl (C=O) groups excluding carboxylic acids is 3. The maximum atomic E-state index is 12.9. The highest BCUT2D eigenvalue weighted by Gasteiger charge is 2.19. The number of esters is 3. The summed E-state index contributed by atoms with van der Waals surface area (Å²) in [6.45, 7) is 6.38. The molecule has 1 atom stereocenters. The van der Waals surface area contributed by atoms with Crippen molar-refractivity contribution in [2.24, 2.45) is 0 Å². The molecule has 0 fully saturated rings. The highest BCUT2D eigenvalue weighted by Crippen LogP contribution is 2.17. The van der Waals surface area contributed by atoms with Gasteiger partial charge in [-0.1, -0.05) is 323 Å². The molecule has 476 valence electrons. The Kier molecular flexibility index (Phi) is 67.2. The van der Waals surface area contributed by atoms with Crippen molar-refractivity contribution < 1.29 is 28.6 Å². The van der Waals surface area contributed by atoms with Crippen molar-refractivity contribution in [3.8, 4) is 0 Å². The first kappa shape index (κ1) is 79.1. The molecule has 0 saturated heterocycles. The van der Waals surface area contributed by atoms with Gasteiger partial charge in [0.15, 0.2) is 6.10 Å². The predicted molar refractivity (Wildman–Crippen MR) is 362 cm³/mol. The fourth-order valence-corrected chi connectivity index (χ4v) is 10.0. The van der Waals surface area contributed by atoms with Crippen LogP contribution >= 0.6 is 0 Å². The highest BCUT2D eigenvalue weighted by atomic mass is 16.6. The van der Waals surface area contributed by atoms with Crippen molar-refractivity contribution >= 4 is 17.9 Å². The second kappa shape index (κ2) is 70.6. The molecule has 0 aliphatic heterocycles. The first-order valence-electron chi connectivity index (χ1n) is 35.4. The van der Waals surface area contributed by atoms with E-state index in [1.165, 1.54) is 199 Å². The van der Waals surface area contributed by atoms with Crippen LogP contribution < -0.4 is 0 Å². The Labute approximate surface area is 514 Å². The summed E-state index contributed by atoms with van der Waals surface area (Å²) in [4.78, 5) is 38.3. The molecule has 0 spiro atoms. The number of hydrogen-bond donors (Lipinski definition) is 0. The third kappa shape index (κ3) is 68.7. The lowest BCUT2D eigenvalue weighted by atomic mass is 10.0. The van der Waals surface area contributed by atoms with Crippen molar-refractivity contribution in [1.82, 2.24) is 0 Å². The molecule has 0 aliphatic carbocycles. The lowest BCUT2D eigenvalue weighted by molar-refractivity contribution is -0.166. The van der Waals surface area contributed by atoms with Gasteiger partial charge in [-0.25, -0.2) is 0 Å². The second-order valence-corrected chi connectivity index (χ2v) is 23.4. The Morgan fingerprint density at radius 1 is 0.253 bits per heavy atom. The summed E-state index contributed by atoms with van der Waals surface area (Å²) in [7, 11) is 0. The smallest absolute Gasteiger partial charge is 0.306 e. The summed E-state index contributed by atoms with van der Waals surface area (Å²) in [5, 5.41) is 0. The lowest BCUT2D eigenvalue weighted by Gasteiger charge is -2.18. The molecule has 0 aromatic heterocycles. The minimum atomic E-state index is -0.814. The van der Waals surface area contributed by atoms with E-state index in [9.17, 15) is 14.4 Å².